The van der Waals surface area contributed by atoms with Crippen LogP contribution in [-0.2, 0) is 13.1 Å². The van der Waals surface area contributed by atoms with Crippen molar-refractivity contribution in [1.82, 2.24) is 19.8 Å². The van der Waals surface area contributed by atoms with Crippen LogP contribution in [0.2, 0.25) is 0 Å². The topological polar surface area (TPSA) is 50.2 Å². The van der Waals surface area contributed by atoms with Crippen molar-refractivity contribution in [3.63, 3.8) is 0 Å². The molecule has 2 aromatic rings. The van der Waals surface area contributed by atoms with E-state index in [1.807, 2.05) is 17.3 Å². The second-order valence-electron chi connectivity index (χ2n) is 6.49. The molecule has 1 heterocycles. The van der Waals surface area contributed by atoms with E-state index in [0.29, 0.717) is 12.6 Å². The smallest absolute Gasteiger partial charge is 0.318 e. The summed E-state index contributed by atoms with van der Waals surface area (Å²) in [7, 11) is 0. The summed E-state index contributed by atoms with van der Waals surface area (Å²) >= 11 is 0. The lowest BCUT2D eigenvalue weighted by Crippen LogP contribution is -2.41. The van der Waals surface area contributed by atoms with Crippen LogP contribution in [0.5, 0.6) is 0 Å². The third-order valence-electron chi connectivity index (χ3n) is 4.49. The second kappa shape index (κ2) is 7.51. The molecule has 0 aliphatic heterocycles. The molecule has 1 aliphatic rings. The van der Waals surface area contributed by atoms with Gasteiger partial charge in [0.25, 0.3) is 0 Å². The molecule has 2 amide bonds. The lowest BCUT2D eigenvalue weighted by atomic mass is 10.1. The van der Waals surface area contributed by atoms with Gasteiger partial charge < -0.3 is 14.8 Å². The van der Waals surface area contributed by atoms with Gasteiger partial charge in [0.15, 0.2) is 0 Å². The molecular weight excluding hydrogens is 300 g/mol. The van der Waals surface area contributed by atoms with Crippen molar-refractivity contribution in [3.05, 3.63) is 53.6 Å². The molecule has 0 spiro atoms. The van der Waals surface area contributed by atoms with Crippen molar-refractivity contribution in [2.24, 2.45) is 0 Å². The molecular formula is C19H26N4O. The number of amides is 2. The van der Waals surface area contributed by atoms with E-state index in [9.17, 15) is 4.79 Å². The molecule has 0 saturated heterocycles. The number of aryl methyl sites for hydroxylation is 1. The molecule has 1 aromatic carbocycles. The molecule has 5 nitrogen and oxygen atoms in total. The third kappa shape index (κ3) is 3.96. The Hall–Kier alpha value is -2.30. The Balaban J connectivity index is 1.72. The minimum absolute atomic E-state index is 0.0322. The van der Waals surface area contributed by atoms with Crippen molar-refractivity contribution in [2.45, 2.75) is 52.2 Å². The van der Waals surface area contributed by atoms with E-state index in [1.54, 1.807) is 0 Å². The number of aromatic nitrogens is 2. The monoisotopic (exact) mass is 326 g/mol. The largest absolute Gasteiger partial charge is 0.338 e. The maximum atomic E-state index is 12.4. The summed E-state index contributed by atoms with van der Waals surface area (Å²) in [4.78, 5) is 18.8. The Morgan fingerprint density at radius 2 is 2.17 bits per heavy atom. The minimum Gasteiger partial charge on any atom is -0.338 e. The average molecular weight is 326 g/mol. The van der Waals surface area contributed by atoms with Gasteiger partial charge in [0, 0.05) is 31.5 Å². The fourth-order valence-electron chi connectivity index (χ4n) is 2.85. The van der Waals surface area contributed by atoms with Gasteiger partial charge in [-0.15, -0.1) is 0 Å². The van der Waals surface area contributed by atoms with Crippen LogP contribution in [0.4, 0.5) is 4.79 Å². The summed E-state index contributed by atoms with van der Waals surface area (Å²) in [5, 5.41) is 2.99. The second-order valence-corrected chi connectivity index (χ2v) is 6.49. The number of benzene rings is 1. The summed E-state index contributed by atoms with van der Waals surface area (Å²) in [6.45, 7) is 6.27. The van der Waals surface area contributed by atoms with Gasteiger partial charge in [-0.3, -0.25) is 0 Å². The van der Waals surface area contributed by atoms with Gasteiger partial charge in [-0.05, 0) is 37.3 Å². The van der Waals surface area contributed by atoms with Gasteiger partial charge in [0.1, 0.15) is 5.82 Å². The van der Waals surface area contributed by atoms with Crippen molar-refractivity contribution in [2.75, 3.05) is 6.54 Å². The first kappa shape index (κ1) is 16.6. The van der Waals surface area contributed by atoms with Gasteiger partial charge in [0.05, 0.1) is 6.54 Å². The predicted octanol–water partition coefficient (Wildman–Crippen LogP) is 3.32. The number of carbonyl (C=O) groups is 1. The van der Waals surface area contributed by atoms with Crippen LogP contribution in [-0.4, -0.2) is 33.1 Å². The fourth-order valence-corrected chi connectivity index (χ4v) is 2.85. The molecule has 1 fully saturated rings. The van der Waals surface area contributed by atoms with Crippen LogP contribution in [0.15, 0.2) is 36.7 Å². The highest BCUT2D eigenvalue weighted by Gasteiger charge is 2.33. The summed E-state index contributed by atoms with van der Waals surface area (Å²) in [5.74, 6) is 0.941. The van der Waals surface area contributed by atoms with Crippen LogP contribution in [0.25, 0.3) is 0 Å². The summed E-state index contributed by atoms with van der Waals surface area (Å²) in [6.07, 6.45) is 6.96. The average Bonchev–Trinajstić information content (AvgIpc) is 3.33. The van der Waals surface area contributed by atoms with Gasteiger partial charge in [-0.1, -0.05) is 31.2 Å². The van der Waals surface area contributed by atoms with E-state index < -0.39 is 0 Å². The third-order valence-corrected chi connectivity index (χ3v) is 4.49. The lowest BCUT2D eigenvalue weighted by molar-refractivity contribution is 0.190. The molecule has 1 aromatic heterocycles. The maximum Gasteiger partial charge on any atom is 0.318 e. The quantitative estimate of drug-likeness (QED) is 0.848. The van der Waals surface area contributed by atoms with E-state index in [4.69, 9.17) is 0 Å². The lowest BCUT2D eigenvalue weighted by Gasteiger charge is -2.23. The summed E-state index contributed by atoms with van der Waals surface area (Å²) in [5.41, 5.74) is 2.56. The highest BCUT2D eigenvalue weighted by Crippen LogP contribution is 2.28. The zero-order chi connectivity index (χ0) is 16.9. The zero-order valence-corrected chi connectivity index (χ0v) is 14.5. The number of nitrogens with zero attached hydrogens (tertiary/aromatic N) is 3. The Labute approximate surface area is 143 Å². The van der Waals surface area contributed by atoms with E-state index in [2.05, 4.69) is 53.0 Å². The normalized spacial score (nSPS) is 13.8. The number of carbonyl (C=O) groups excluding carboxylic acids is 1. The molecule has 1 saturated carbocycles. The number of urea groups is 1. The van der Waals surface area contributed by atoms with Crippen LogP contribution in [0.1, 0.15) is 43.1 Å². The van der Waals surface area contributed by atoms with Gasteiger partial charge in [-0.2, -0.15) is 0 Å². The summed E-state index contributed by atoms with van der Waals surface area (Å²) in [6, 6.07) is 8.79. The molecule has 0 bridgehead atoms. The molecule has 5 heteroatoms. The van der Waals surface area contributed by atoms with Gasteiger partial charge in [0.2, 0.25) is 0 Å². The maximum absolute atomic E-state index is 12.4. The molecule has 128 valence electrons. The Kier molecular flexibility index (Phi) is 5.18. The summed E-state index contributed by atoms with van der Waals surface area (Å²) < 4.78 is 2.14. The predicted molar refractivity (Wildman–Crippen MR) is 94.8 cm³/mol. The molecule has 24 heavy (non-hydrogen) atoms. The standard InChI is InChI=1S/C19H26N4O/c1-3-10-21-19(24)23(17-8-9-17)14-18-20-11-12-22(18)13-16-7-5-4-6-15(16)2/h4-7,11-12,17H,3,8-10,13-14H2,1-2H3,(H,21,24). The molecule has 0 atom stereocenters. The van der Waals surface area contributed by atoms with Crippen LogP contribution in [0.3, 0.4) is 0 Å². The zero-order valence-electron chi connectivity index (χ0n) is 14.5. The van der Waals surface area contributed by atoms with E-state index in [0.717, 1.165) is 38.2 Å². The highest BCUT2D eigenvalue weighted by atomic mass is 16.2. The molecule has 0 radical (unpaired) electrons. The molecule has 1 N–H and O–H groups in total. The SMILES string of the molecule is CCCNC(=O)N(Cc1nccn1Cc1ccccc1C)C1CC1. The number of hydrogen-bond donors (Lipinski definition) is 1. The molecule has 3 rings (SSSR count). The first-order chi connectivity index (χ1) is 11.7. The van der Waals surface area contributed by atoms with Crippen molar-refractivity contribution in [1.29, 1.82) is 0 Å². The van der Waals surface area contributed by atoms with E-state index in [-0.39, 0.29) is 6.03 Å². The number of nitrogens with one attached hydrogen (secondary N) is 1. The van der Waals surface area contributed by atoms with Crippen molar-refractivity contribution in [3.8, 4) is 0 Å². The first-order valence-corrected chi connectivity index (χ1v) is 8.78. The van der Waals surface area contributed by atoms with Crippen LogP contribution >= 0.6 is 0 Å². The highest BCUT2D eigenvalue weighted by molar-refractivity contribution is 5.74. The van der Waals surface area contributed by atoms with Crippen molar-refractivity contribution >= 4 is 6.03 Å². The first-order valence-electron chi connectivity index (χ1n) is 8.78. The number of imidazole rings is 1. The Morgan fingerprint density at radius 3 is 2.88 bits per heavy atom. The molecule has 0 unspecified atom stereocenters. The van der Waals surface area contributed by atoms with E-state index >= 15 is 0 Å². The Bertz CT molecular complexity index is 690. The fraction of sp³-hybridized carbons (Fsp3) is 0.474. The Morgan fingerprint density at radius 1 is 1.38 bits per heavy atom. The van der Waals surface area contributed by atoms with E-state index in [1.165, 1.54) is 11.1 Å². The van der Waals surface area contributed by atoms with Gasteiger partial charge in [-0.25, -0.2) is 9.78 Å². The minimum atomic E-state index is 0.0322. The number of rotatable bonds is 7. The van der Waals surface area contributed by atoms with Crippen LogP contribution < -0.4 is 5.32 Å². The van der Waals surface area contributed by atoms with Crippen molar-refractivity contribution < 1.29 is 4.79 Å². The molecule has 1 aliphatic carbocycles. The van der Waals surface area contributed by atoms with Crippen LogP contribution in [0, 0.1) is 6.92 Å². The van der Waals surface area contributed by atoms with Gasteiger partial charge >= 0.3 is 6.03 Å². The number of hydrogen-bond acceptors (Lipinski definition) is 2.